The van der Waals surface area contributed by atoms with E-state index in [0.717, 1.165) is 6.07 Å². The van der Waals surface area contributed by atoms with E-state index in [4.69, 9.17) is 5.73 Å². The first kappa shape index (κ1) is 15.6. The molecule has 0 saturated heterocycles. The lowest BCUT2D eigenvalue weighted by molar-refractivity contribution is -0.275. The lowest BCUT2D eigenvalue weighted by atomic mass is 10.1. The first-order valence-corrected chi connectivity index (χ1v) is 4.31. The molecule has 0 unspecified atom stereocenters. The van der Waals surface area contributed by atoms with E-state index in [-0.39, 0.29) is 18.0 Å². The maximum Gasteiger partial charge on any atom is 0.573 e. The second-order valence-corrected chi connectivity index (χ2v) is 3.00. The zero-order valence-electron chi connectivity index (χ0n) is 8.57. The van der Waals surface area contributed by atoms with Crippen LogP contribution in [0.2, 0.25) is 0 Å². The Kier molecular flexibility index (Phi) is 5.31. The molecule has 17 heavy (non-hydrogen) atoms. The fraction of sp³-hybridized carbons (Fsp3) is 0.200. The number of hydrogen-bond donors (Lipinski definition) is 2. The number of aromatic hydroxyl groups is 1. The molecule has 0 aromatic heterocycles. The number of rotatable bonds is 3. The minimum atomic E-state index is -4.85. The van der Waals surface area contributed by atoms with Gasteiger partial charge in [-0.1, -0.05) is 18.2 Å². The number of hydrogen-bond acceptors (Lipinski definition) is 3. The van der Waals surface area contributed by atoms with Crippen molar-refractivity contribution in [2.24, 2.45) is 5.73 Å². The third kappa shape index (κ3) is 4.16. The van der Waals surface area contributed by atoms with Gasteiger partial charge >= 0.3 is 6.36 Å². The summed E-state index contributed by atoms with van der Waals surface area (Å²) < 4.78 is 39.5. The molecular weight excluding hydrogens is 259 g/mol. The lowest BCUT2D eigenvalue weighted by Crippen LogP contribution is -2.17. The highest BCUT2D eigenvalue weighted by Crippen LogP contribution is 2.36. The van der Waals surface area contributed by atoms with E-state index in [1.807, 2.05) is 0 Å². The van der Waals surface area contributed by atoms with Crippen LogP contribution >= 0.6 is 12.4 Å². The van der Waals surface area contributed by atoms with Gasteiger partial charge in [-0.05, 0) is 6.07 Å². The summed E-state index contributed by atoms with van der Waals surface area (Å²) >= 11 is 0. The number of benzene rings is 1. The van der Waals surface area contributed by atoms with Gasteiger partial charge in [0.15, 0.2) is 11.5 Å². The monoisotopic (exact) mass is 269 g/mol. The molecule has 0 aliphatic carbocycles. The molecule has 0 heterocycles. The largest absolute Gasteiger partial charge is 0.573 e. The van der Waals surface area contributed by atoms with Gasteiger partial charge in [-0.3, -0.25) is 0 Å². The zero-order chi connectivity index (χ0) is 12.3. The lowest BCUT2D eigenvalue weighted by Gasteiger charge is -2.14. The van der Waals surface area contributed by atoms with Gasteiger partial charge in [0, 0.05) is 5.56 Å². The summed E-state index contributed by atoms with van der Waals surface area (Å²) in [7, 11) is 0. The van der Waals surface area contributed by atoms with E-state index in [1.165, 1.54) is 18.2 Å². The predicted molar refractivity (Wildman–Crippen MR) is 59.2 cm³/mol. The van der Waals surface area contributed by atoms with Gasteiger partial charge in [-0.15, -0.1) is 32.2 Å². The van der Waals surface area contributed by atoms with Crippen molar-refractivity contribution >= 4 is 12.4 Å². The summed E-state index contributed by atoms with van der Waals surface area (Å²) in [5.74, 6) is -1.31. The van der Waals surface area contributed by atoms with E-state index >= 15 is 0 Å². The quantitative estimate of drug-likeness (QED) is 0.830. The van der Waals surface area contributed by atoms with Gasteiger partial charge in [-0.25, -0.2) is 0 Å². The molecular formula is C10H11ClF3NO2. The van der Waals surface area contributed by atoms with Crippen molar-refractivity contribution in [3.05, 3.63) is 36.4 Å². The molecule has 0 saturated carbocycles. The molecule has 0 fully saturated rings. The summed E-state index contributed by atoms with van der Waals surface area (Å²) in [5.41, 5.74) is 5.63. The molecule has 3 N–H and O–H groups in total. The molecule has 3 nitrogen and oxygen atoms in total. The van der Waals surface area contributed by atoms with Crippen LogP contribution in [0.5, 0.6) is 11.5 Å². The Morgan fingerprint density at radius 3 is 2.47 bits per heavy atom. The van der Waals surface area contributed by atoms with Crippen molar-refractivity contribution in [1.82, 2.24) is 0 Å². The fourth-order valence-corrected chi connectivity index (χ4v) is 1.14. The number of phenols is 1. The highest BCUT2D eigenvalue weighted by molar-refractivity contribution is 5.85. The minimum Gasteiger partial charge on any atom is -0.504 e. The van der Waals surface area contributed by atoms with Crippen LogP contribution in [0.4, 0.5) is 13.2 Å². The van der Waals surface area contributed by atoms with Gasteiger partial charge in [0.05, 0.1) is 6.04 Å². The van der Waals surface area contributed by atoms with Crippen molar-refractivity contribution < 1.29 is 23.0 Å². The number of phenolic OH excluding ortho intramolecular Hbond substituents is 1. The highest BCUT2D eigenvalue weighted by atomic mass is 35.5. The van der Waals surface area contributed by atoms with Crippen molar-refractivity contribution in [2.45, 2.75) is 12.4 Å². The van der Waals surface area contributed by atoms with E-state index < -0.39 is 23.9 Å². The number of nitrogens with two attached hydrogens (primary N) is 1. The molecule has 0 aliphatic rings. The van der Waals surface area contributed by atoms with E-state index in [1.54, 1.807) is 0 Å². The Hall–Kier alpha value is -1.40. The molecule has 0 amide bonds. The normalized spacial score (nSPS) is 12.5. The smallest absolute Gasteiger partial charge is 0.504 e. The second kappa shape index (κ2) is 5.79. The van der Waals surface area contributed by atoms with Crippen LogP contribution in [0.15, 0.2) is 30.9 Å². The van der Waals surface area contributed by atoms with Gasteiger partial charge < -0.3 is 15.6 Å². The van der Waals surface area contributed by atoms with Crippen LogP contribution in [0.25, 0.3) is 0 Å². The Morgan fingerprint density at radius 1 is 1.41 bits per heavy atom. The predicted octanol–water partition coefficient (Wildman–Crippen LogP) is 2.90. The van der Waals surface area contributed by atoms with Crippen molar-refractivity contribution in [3.8, 4) is 11.5 Å². The highest BCUT2D eigenvalue weighted by Gasteiger charge is 2.32. The molecule has 1 aromatic rings. The second-order valence-electron chi connectivity index (χ2n) is 3.00. The Balaban J connectivity index is 0.00000256. The van der Waals surface area contributed by atoms with Crippen LogP contribution in [-0.4, -0.2) is 11.5 Å². The van der Waals surface area contributed by atoms with Gasteiger partial charge in [-0.2, -0.15) is 0 Å². The van der Waals surface area contributed by atoms with Crippen LogP contribution in [0.1, 0.15) is 11.6 Å². The van der Waals surface area contributed by atoms with Crippen molar-refractivity contribution in [2.75, 3.05) is 0 Å². The SMILES string of the molecule is C=C[C@@H](N)c1cccc(OC(F)(F)F)c1O.Cl. The van der Waals surface area contributed by atoms with E-state index in [0.29, 0.717) is 0 Å². The summed E-state index contributed by atoms with van der Waals surface area (Å²) in [6, 6.07) is 2.95. The van der Waals surface area contributed by atoms with Crippen LogP contribution in [0, 0.1) is 0 Å². The number of alkyl halides is 3. The summed E-state index contributed by atoms with van der Waals surface area (Å²) in [6.07, 6.45) is -3.55. The first-order valence-electron chi connectivity index (χ1n) is 4.31. The van der Waals surface area contributed by atoms with Gasteiger partial charge in [0.1, 0.15) is 0 Å². The summed E-state index contributed by atoms with van der Waals surface area (Å²) in [6.45, 7) is 3.38. The van der Waals surface area contributed by atoms with Crippen LogP contribution in [-0.2, 0) is 0 Å². The molecule has 1 rings (SSSR count). The summed E-state index contributed by atoms with van der Waals surface area (Å²) in [5, 5.41) is 9.50. The molecule has 7 heteroatoms. The molecule has 1 aromatic carbocycles. The molecule has 0 aliphatic heterocycles. The Bertz CT molecular complexity index is 396. The van der Waals surface area contributed by atoms with Gasteiger partial charge in [0.25, 0.3) is 0 Å². The fourth-order valence-electron chi connectivity index (χ4n) is 1.14. The molecule has 1 atom stereocenters. The standard InChI is InChI=1S/C10H10F3NO2.ClH/c1-2-7(14)6-4-3-5-8(9(6)15)16-10(11,12)13;/h2-5,7,15H,1,14H2;1H/t7-;/m1./s1. The first-order chi connectivity index (χ1) is 7.35. The van der Waals surface area contributed by atoms with Crippen LogP contribution < -0.4 is 10.5 Å². The maximum atomic E-state index is 12.0. The number of ether oxygens (including phenoxy) is 1. The average molecular weight is 270 g/mol. The zero-order valence-corrected chi connectivity index (χ0v) is 9.39. The number of para-hydroxylation sites is 1. The van der Waals surface area contributed by atoms with E-state index in [2.05, 4.69) is 11.3 Å². The maximum absolute atomic E-state index is 12.0. The topological polar surface area (TPSA) is 55.5 Å². The van der Waals surface area contributed by atoms with E-state index in [9.17, 15) is 18.3 Å². The molecule has 0 bridgehead atoms. The molecule has 96 valence electrons. The summed E-state index contributed by atoms with van der Waals surface area (Å²) in [4.78, 5) is 0. The minimum absolute atomic E-state index is 0. The molecule has 0 spiro atoms. The Labute approximate surface area is 102 Å². The third-order valence-electron chi connectivity index (χ3n) is 1.87. The van der Waals surface area contributed by atoms with Gasteiger partial charge in [0.2, 0.25) is 0 Å². The van der Waals surface area contributed by atoms with Crippen molar-refractivity contribution in [3.63, 3.8) is 0 Å². The molecule has 0 radical (unpaired) electrons. The third-order valence-corrected chi connectivity index (χ3v) is 1.87. The Morgan fingerprint density at radius 2 is 2.00 bits per heavy atom. The van der Waals surface area contributed by atoms with Crippen LogP contribution in [0.3, 0.4) is 0 Å². The number of halogens is 4. The van der Waals surface area contributed by atoms with Crippen molar-refractivity contribution in [1.29, 1.82) is 0 Å². The average Bonchev–Trinajstić information content (AvgIpc) is 2.18.